The summed E-state index contributed by atoms with van der Waals surface area (Å²) in [6.07, 6.45) is 3.25. The van der Waals surface area contributed by atoms with Crippen molar-refractivity contribution < 1.29 is 18.3 Å². The molecule has 0 aliphatic carbocycles. The Labute approximate surface area is 189 Å². The number of amides is 1. The molecule has 4 heterocycles. The van der Waals surface area contributed by atoms with Crippen molar-refractivity contribution in [2.45, 2.75) is 32.1 Å². The van der Waals surface area contributed by atoms with Crippen LogP contribution in [0.25, 0.3) is 11.1 Å². The van der Waals surface area contributed by atoms with Crippen molar-refractivity contribution in [3.63, 3.8) is 0 Å². The summed E-state index contributed by atoms with van der Waals surface area (Å²) < 4.78 is 31.2. The van der Waals surface area contributed by atoms with Crippen molar-refractivity contribution in [2.75, 3.05) is 18.5 Å². The average molecular weight is 449 g/mol. The van der Waals surface area contributed by atoms with E-state index in [-0.39, 0.29) is 11.5 Å². The number of ether oxygens (including phenoxy) is 1. The number of hydrogen-bond donors (Lipinski definition) is 1. The highest BCUT2D eigenvalue weighted by Gasteiger charge is 2.21. The Morgan fingerprint density at radius 2 is 1.97 bits per heavy atom. The van der Waals surface area contributed by atoms with E-state index in [0.717, 1.165) is 24.6 Å². The van der Waals surface area contributed by atoms with Gasteiger partial charge in [0.25, 0.3) is 12.3 Å². The number of nitriles is 1. The smallest absolute Gasteiger partial charge is 0.280 e. The summed E-state index contributed by atoms with van der Waals surface area (Å²) in [4.78, 5) is 25.1. The van der Waals surface area contributed by atoms with Crippen LogP contribution in [0, 0.1) is 18.3 Å². The van der Waals surface area contributed by atoms with Crippen LogP contribution in [0.15, 0.2) is 42.9 Å². The van der Waals surface area contributed by atoms with Crippen LogP contribution in [-0.4, -0.2) is 34.1 Å². The molecule has 0 spiro atoms. The third kappa shape index (κ3) is 5.02. The van der Waals surface area contributed by atoms with E-state index in [1.807, 2.05) is 6.92 Å². The summed E-state index contributed by atoms with van der Waals surface area (Å²) in [5.41, 5.74) is 3.37. The molecule has 0 atom stereocenters. The van der Waals surface area contributed by atoms with Gasteiger partial charge in [-0.3, -0.25) is 19.7 Å². The van der Waals surface area contributed by atoms with Crippen molar-refractivity contribution in [3.8, 4) is 17.2 Å². The fourth-order valence-corrected chi connectivity index (χ4v) is 3.81. The highest BCUT2D eigenvalue weighted by atomic mass is 19.3. The van der Waals surface area contributed by atoms with Crippen molar-refractivity contribution in [1.82, 2.24) is 15.0 Å². The predicted molar refractivity (Wildman–Crippen MR) is 117 cm³/mol. The van der Waals surface area contributed by atoms with Crippen LogP contribution in [0.1, 0.15) is 58.2 Å². The van der Waals surface area contributed by atoms with Crippen LogP contribution in [0.2, 0.25) is 0 Å². The molecule has 1 saturated heterocycles. The Morgan fingerprint density at radius 1 is 1.18 bits per heavy atom. The van der Waals surface area contributed by atoms with Crippen LogP contribution in [-0.2, 0) is 4.74 Å². The zero-order valence-electron chi connectivity index (χ0n) is 17.9. The highest BCUT2D eigenvalue weighted by Crippen LogP contribution is 2.31. The number of nitrogens with zero attached hydrogens (tertiary/aromatic N) is 4. The molecule has 1 aliphatic rings. The van der Waals surface area contributed by atoms with E-state index in [0.29, 0.717) is 41.3 Å². The summed E-state index contributed by atoms with van der Waals surface area (Å²) in [6.45, 7) is 3.12. The van der Waals surface area contributed by atoms with Gasteiger partial charge >= 0.3 is 0 Å². The lowest BCUT2D eigenvalue weighted by Gasteiger charge is -2.22. The monoisotopic (exact) mass is 449 g/mol. The van der Waals surface area contributed by atoms with Gasteiger partial charge in [0.15, 0.2) is 0 Å². The van der Waals surface area contributed by atoms with E-state index in [4.69, 9.17) is 4.74 Å². The molecule has 168 valence electrons. The van der Waals surface area contributed by atoms with Crippen LogP contribution >= 0.6 is 0 Å². The number of nitrogens with one attached hydrogen (secondary N) is 1. The third-order valence-corrected chi connectivity index (χ3v) is 5.57. The van der Waals surface area contributed by atoms with Gasteiger partial charge in [0.2, 0.25) is 0 Å². The van der Waals surface area contributed by atoms with Crippen molar-refractivity contribution in [1.29, 1.82) is 5.26 Å². The summed E-state index contributed by atoms with van der Waals surface area (Å²) in [6, 6.07) is 8.17. The molecule has 0 unspecified atom stereocenters. The lowest BCUT2D eigenvalue weighted by atomic mass is 9.91. The molecule has 1 fully saturated rings. The number of carbonyl (C=O) groups is 1. The molecule has 0 bridgehead atoms. The van der Waals surface area contributed by atoms with Gasteiger partial charge in [0, 0.05) is 53.9 Å². The van der Waals surface area contributed by atoms with Crippen molar-refractivity contribution >= 4 is 11.6 Å². The standard InChI is InChI=1S/C24H21F2N5O2/c1-14-20(18-8-17(11-27)22(30-12-18)15-3-6-33-7-4-15)10-19(13-29-14)31-24(32)16-2-5-28-21(9-16)23(25)26/h2,5,8-10,12-13,15,23H,3-4,6-7H2,1H3,(H,31,32). The maximum absolute atomic E-state index is 12.9. The molecule has 33 heavy (non-hydrogen) atoms. The quantitative estimate of drug-likeness (QED) is 0.600. The first-order valence-corrected chi connectivity index (χ1v) is 10.5. The Morgan fingerprint density at radius 3 is 2.70 bits per heavy atom. The number of halogens is 2. The van der Waals surface area contributed by atoms with Gasteiger partial charge in [-0.15, -0.1) is 0 Å². The topological polar surface area (TPSA) is 101 Å². The number of aryl methyl sites for hydroxylation is 1. The second kappa shape index (κ2) is 9.79. The number of hydrogen-bond acceptors (Lipinski definition) is 6. The minimum Gasteiger partial charge on any atom is -0.381 e. The molecule has 7 nitrogen and oxygen atoms in total. The zero-order valence-corrected chi connectivity index (χ0v) is 17.9. The maximum Gasteiger partial charge on any atom is 0.280 e. The lowest BCUT2D eigenvalue weighted by molar-refractivity contribution is 0.0844. The average Bonchev–Trinajstić information content (AvgIpc) is 2.85. The molecule has 4 rings (SSSR count). The normalized spacial score (nSPS) is 14.2. The molecule has 0 aromatic carbocycles. The minimum atomic E-state index is -2.77. The molecule has 9 heteroatoms. The lowest BCUT2D eigenvalue weighted by Crippen LogP contribution is -2.16. The number of alkyl halides is 2. The van der Waals surface area contributed by atoms with Crippen LogP contribution in [0.4, 0.5) is 14.5 Å². The second-order valence-electron chi connectivity index (χ2n) is 7.74. The number of anilines is 1. The SMILES string of the molecule is Cc1ncc(NC(=O)c2ccnc(C(F)F)c2)cc1-c1cnc(C2CCOCC2)c(C#N)c1. The highest BCUT2D eigenvalue weighted by molar-refractivity contribution is 6.04. The fraction of sp³-hybridized carbons (Fsp3) is 0.292. The molecular formula is C24H21F2N5O2. The first-order chi connectivity index (χ1) is 16.0. The fourth-order valence-electron chi connectivity index (χ4n) is 3.81. The molecular weight excluding hydrogens is 428 g/mol. The third-order valence-electron chi connectivity index (χ3n) is 5.57. The number of pyridine rings is 3. The van der Waals surface area contributed by atoms with Crippen molar-refractivity contribution in [3.05, 3.63) is 71.1 Å². The Balaban J connectivity index is 1.60. The summed E-state index contributed by atoms with van der Waals surface area (Å²) in [5, 5.41) is 12.4. The van der Waals surface area contributed by atoms with Gasteiger partial charge in [-0.1, -0.05) is 0 Å². The van der Waals surface area contributed by atoms with Gasteiger partial charge < -0.3 is 10.1 Å². The van der Waals surface area contributed by atoms with E-state index in [1.165, 1.54) is 18.5 Å². The molecule has 3 aromatic rings. The van der Waals surface area contributed by atoms with Crippen LogP contribution < -0.4 is 5.32 Å². The number of carbonyl (C=O) groups excluding carboxylic acids is 1. The molecule has 1 aliphatic heterocycles. The molecule has 0 radical (unpaired) electrons. The predicted octanol–water partition coefficient (Wildman–Crippen LogP) is 4.80. The second-order valence-corrected chi connectivity index (χ2v) is 7.74. The van der Waals surface area contributed by atoms with E-state index in [2.05, 4.69) is 26.3 Å². The van der Waals surface area contributed by atoms with E-state index in [9.17, 15) is 18.8 Å². The van der Waals surface area contributed by atoms with E-state index >= 15 is 0 Å². The summed E-state index contributed by atoms with van der Waals surface area (Å²) >= 11 is 0. The van der Waals surface area contributed by atoms with Crippen LogP contribution in [0.5, 0.6) is 0 Å². The number of rotatable bonds is 5. The molecule has 1 amide bonds. The Hall–Kier alpha value is -3.77. The van der Waals surface area contributed by atoms with Crippen LogP contribution in [0.3, 0.4) is 0 Å². The minimum absolute atomic E-state index is 0.0664. The number of aromatic nitrogens is 3. The molecule has 3 aromatic heterocycles. The summed E-state index contributed by atoms with van der Waals surface area (Å²) in [5.74, 6) is -0.368. The van der Waals surface area contributed by atoms with Crippen molar-refractivity contribution in [2.24, 2.45) is 0 Å². The molecule has 0 saturated carbocycles. The first kappa shape index (κ1) is 22.4. The van der Waals surface area contributed by atoms with Gasteiger partial charge in [-0.05, 0) is 44.0 Å². The van der Waals surface area contributed by atoms with E-state index < -0.39 is 18.0 Å². The maximum atomic E-state index is 12.9. The first-order valence-electron chi connectivity index (χ1n) is 10.5. The Bertz CT molecular complexity index is 1220. The van der Waals surface area contributed by atoms with Gasteiger partial charge in [-0.25, -0.2) is 8.78 Å². The van der Waals surface area contributed by atoms with E-state index in [1.54, 1.807) is 18.3 Å². The van der Waals surface area contributed by atoms with Gasteiger partial charge in [0.05, 0.1) is 23.1 Å². The summed E-state index contributed by atoms with van der Waals surface area (Å²) in [7, 11) is 0. The Kier molecular flexibility index (Phi) is 6.66. The largest absolute Gasteiger partial charge is 0.381 e. The molecule has 1 N–H and O–H groups in total. The van der Waals surface area contributed by atoms with Gasteiger partial charge in [-0.2, -0.15) is 5.26 Å². The zero-order chi connectivity index (χ0) is 23.4. The van der Waals surface area contributed by atoms with Gasteiger partial charge in [0.1, 0.15) is 11.8 Å².